The number of methoxy groups -OCH3 is 1. The molecule has 2 fully saturated rings. The molecule has 0 aromatic heterocycles. The SMILES string of the molecule is CO[C@@H]1C[C@](C(N)=O)(c2ccc(N3CCOCC3=O)cc2)[N+](C(N)=O)(c2ccc(Cl)cc2)C1. The van der Waals surface area contributed by atoms with E-state index in [0.29, 0.717) is 35.1 Å². The summed E-state index contributed by atoms with van der Waals surface area (Å²) in [5.74, 6) is -0.853. The zero-order valence-corrected chi connectivity index (χ0v) is 19.0. The molecule has 2 heterocycles. The Hall–Kier alpha value is -2.98. The highest BCUT2D eigenvalue weighted by Crippen LogP contribution is 2.49. The summed E-state index contributed by atoms with van der Waals surface area (Å²) in [5, 5.41) is 0.480. The normalized spacial score (nSPS) is 27.5. The highest BCUT2D eigenvalue weighted by Gasteiger charge is 2.68. The fraction of sp³-hybridized carbons (Fsp3) is 0.348. The maximum absolute atomic E-state index is 13.2. The molecule has 0 bridgehead atoms. The summed E-state index contributed by atoms with van der Waals surface area (Å²) in [6.07, 6.45) is -0.304. The predicted octanol–water partition coefficient (Wildman–Crippen LogP) is 1.89. The summed E-state index contributed by atoms with van der Waals surface area (Å²) in [5.41, 5.74) is 12.2. The molecule has 33 heavy (non-hydrogen) atoms. The van der Waals surface area contributed by atoms with E-state index in [1.807, 2.05) is 0 Å². The van der Waals surface area contributed by atoms with Gasteiger partial charge in [0.2, 0.25) is 5.54 Å². The van der Waals surface area contributed by atoms with E-state index in [9.17, 15) is 14.4 Å². The van der Waals surface area contributed by atoms with E-state index in [1.54, 1.807) is 53.4 Å². The molecule has 1 unspecified atom stereocenters. The summed E-state index contributed by atoms with van der Waals surface area (Å²) in [4.78, 5) is 40.2. The summed E-state index contributed by atoms with van der Waals surface area (Å²) in [6, 6.07) is 12.8. The van der Waals surface area contributed by atoms with Crippen LogP contribution in [0, 0.1) is 0 Å². The van der Waals surface area contributed by atoms with Crippen LogP contribution in [-0.2, 0) is 24.6 Å². The number of halogens is 1. The Kier molecular flexibility index (Phi) is 6.15. The number of anilines is 1. The zero-order chi connectivity index (χ0) is 23.8. The number of amides is 4. The average molecular weight is 474 g/mol. The van der Waals surface area contributed by atoms with E-state index in [-0.39, 0.29) is 25.5 Å². The van der Waals surface area contributed by atoms with Gasteiger partial charge in [-0.15, -0.1) is 0 Å². The van der Waals surface area contributed by atoms with Crippen molar-refractivity contribution in [2.24, 2.45) is 11.5 Å². The summed E-state index contributed by atoms with van der Waals surface area (Å²) < 4.78 is 10.3. The van der Waals surface area contributed by atoms with Crippen LogP contribution in [0.3, 0.4) is 0 Å². The molecule has 0 saturated carbocycles. The standard InChI is InChI=1S/C23H25ClN4O5/c1-32-19-12-23(21(25)30,28(13-19,22(26)31)18-8-4-16(24)5-9-18)15-2-6-17(7-3-15)27-10-11-33-14-20(27)29/h2-9,19H,10-14H2,1H3,(H3-,25,26,30,31)/p+1/t19-,23-,28?/m1/s1. The van der Waals surface area contributed by atoms with Crippen LogP contribution in [-0.4, -0.2) is 57.4 Å². The van der Waals surface area contributed by atoms with Crippen molar-refractivity contribution in [3.63, 3.8) is 0 Å². The highest BCUT2D eigenvalue weighted by atomic mass is 35.5. The van der Waals surface area contributed by atoms with Gasteiger partial charge >= 0.3 is 6.03 Å². The fourth-order valence-electron chi connectivity index (χ4n) is 5.07. The van der Waals surface area contributed by atoms with Crippen LogP contribution in [0.5, 0.6) is 0 Å². The minimum absolute atomic E-state index is 0.0146. The topological polar surface area (TPSA) is 125 Å². The molecule has 0 spiro atoms. The van der Waals surface area contributed by atoms with Crippen LogP contribution < -0.4 is 20.9 Å². The lowest BCUT2D eigenvalue weighted by molar-refractivity contribution is -0.127. The molecular formula is C23H26ClN4O5+. The molecule has 2 aliphatic heterocycles. The lowest BCUT2D eigenvalue weighted by Gasteiger charge is -2.42. The number of carbonyl (C=O) groups is 3. The Morgan fingerprint density at radius 1 is 1.15 bits per heavy atom. The maximum Gasteiger partial charge on any atom is 0.420 e. The van der Waals surface area contributed by atoms with Crippen molar-refractivity contribution >= 4 is 40.8 Å². The number of quaternary nitrogens is 1. The molecule has 2 aliphatic rings. The zero-order valence-electron chi connectivity index (χ0n) is 18.2. The fourth-order valence-corrected chi connectivity index (χ4v) is 5.20. The quantitative estimate of drug-likeness (QED) is 0.641. The number of hydrogen-bond acceptors (Lipinski definition) is 5. The number of benzene rings is 2. The van der Waals surface area contributed by atoms with Crippen LogP contribution in [0.2, 0.25) is 5.02 Å². The van der Waals surface area contributed by atoms with E-state index in [4.69, 9.17) is 32.5 Å². The molecule has 2 aromatic rings. The molecule has 10 heteroatoms. The van der Waals surface area contributed by atoms with Crippen molar-refractivity contribution in [1.29, 1.82) is 0 Å². The van der Waals surface area contributed by atoms with Crippen LogP contribution in [0.4, 0.5) is 16.2 Å². The van der Waals surface area contributed by atoms with Gasteiger partial charge in [0.25, 0.3) is 11.8 Å². The third-order valence-corrected chi connectivity index (χ3v) is 6.93. The highest BCUT2D eigenvalue weighted by molar-refractivity contribution is 6.30. The Morgan fingerprint density at radius 3 is 2.36 bits per heavy atom. The van der Waals surface area contributed by atoms with E-state index >= 15 is 0 Å². The van der Waals surface area contributed by atoms with E-state index in [2.05, 4.69) is 0 Å². The monoisotopic (exact) mass is 473 g/mol. The number of rotatable bonds is 5. The number of nitrogens with zero attached hydrogens (tertiary/aromatic N) is 2. The number of carbonyl (C=O) groups excluding carboxylic acids is 3. The van der Waals surface area contributed by atoms with Crippen molar-refractivity contribution in [1.82, 2.24) is 4.48 Å². The molecule has 0 radical (unpaired) electrons. The first-order chi connectivity index (χ1) is 15.8. The lowest BCUT2D eigenvalue weighted by Crippen LogP contribution is -2.70. The van der Waals surface area contributed by atoms with Crippen molar-refractivity contribution in [2.75, 3.05) is 38.3 Å². The third kappa shape index (κ3) is 3.57. The second kappa shape index (κ2) is 8.75. The van der Waals surface area contributed by atoms with Crippen molar-refractivity contribution < 1.29 is 23.9 Å². The van der Waals surface area contributed by atoms with E-state index in [0.717, 1.165) is 0 Å². The number of nitrogens with two attached hydrogens (primary N) is 2. The Balaban J connectivity index is 1.88. The average Bonchev–Trinajstić information content (AvgIpc) is 3.18. The minimum atomic E-state index is -1.52. The van der Waals surface area contributed by atoms with Gasteiger partial charge in [-0.2, -0.15) is 4.48 Å². The van der Waals surface area contributed by atoms with Gasteiger partial charge < -0.3 is 25.8 Å². The first kappa shape index (κ1) is 23.2. The van der Waals surface area contributed by atoms with Gasteiger partial charge in [0, 0.05) is 48.5 Å². The van der Waals surface area contributed by atoms with Gasteiger partial charge in [0.15, 0.2) is 0 Å². The molecule has 3 atom stereocenters. The van der Waals surface area contributed by atoms with Gasteiger partial charge in [-0.25, -0.2) is 4.79 Å². The van der Waals surface area contributed by atoms with Gasteiger partial charge in [-0.3, -0.25) is 9.59 Å². The molecule has 9 nitrogen and oxygen atoms in total. The summed E-state index contributed by atoms with van der Waals surface area (Å²) >= 11 is 6.07. The van der Waals surface area contributed by atoms with Crippen LogP contribution in [0.15, 0.2) is 48.5 Å². The van der Waals surface area contributed by atoms with E-state index < -0.39 is 28.1 Å². The van der Waals surface area contributed by atoms with Gasteiger partial charge in [0.1, 0.15) is 24.9 Å². The molecular weight excluding hydrogens is 448 g/mol. The van der Waals surface area contributed by atoms with Crippen LogP contribution in [0.1, 0.15) is 12.0 Å². The lowest BCUT2D eigenvalue weighted by atomic mass is 9.83. The largest absolute Gasteiger partial charge is 0.420 e. The second-order valence-corrected chi connectivity index (χ2v) is 8.67. The van der Waals surface area contributed by atoms with Gasteiger partial charge in [-0.05, 0) is 24.3 Å². The molecule has 4 rings (SSSR count). The molecule has 2 saturated heterocycles. The molecule has 4 amide bonds. The number of likely N-dealkylation sites (tertiary alicyclic amines) is 1. The maximum atomic E-state index is 13.2. The van der Waals surface area contributed by atoms with Crippen molar-refractivity contribution in [3.05, 3.63) is 59.1 Å². The number of ether oxygens (including phenoxy) is 2. The number of primary amides is 2. The second-order valence-electron chi connectivity index (χ2n) is 8.24. The Bertz CT molecular complexity index is 1080. The van der Waals surface area contributed by atoms with Crippen molar-refractivity contribution in [2.45, 2.75) is 18.1 Å². The molecule has 174 valence electrons. The Morgan fingerprint density at radius 2 is 1.82 bits per heavy atom. The Labute approximate surface area is 196 Å². The summed E-state index contributed by atoms with van der Waals surface area (Å²) in [7, 11) is 1.52. The first-order valence-electron chi connectivity index (χ1n) is 10.5. The molecule has 0 aliphatic carbocycles. The molecule has 4 N–H and O–H groups in total. The number of urea groups is 1. The number of hydrogen-bond donors (Lipinski definition) is 2. The van der Waals surface area contributed by atoms with Crippen LogP contribution >= 0.6 is 11.6 Å². The summed E-state index contributed by atoms with van der Waals surface area (Å²) in [6.45, 7) is 1.00. The van der Waals surface area contributed by atoms with Crippen molar-refractivity contribution in [3.8, 4) is 0 Å². The van der Waals surface area contributed by atoms with Gasteiger partial charge in [-0.1, -0.05) is 23.7 Å². The van der Waals surface area contributed by atoms with E-state index in [1.165, 1.54) is 7.11 Å². The first-order valence-corrected chi connectivity index (χ1v) is 10.9. The smallest absolute Gasteiger partial charge is 0.375 e. The predicted molar refractivity (Wildman–Crippen MR) is 124 cm³/mol. The van der Waals surface area contributed by atoms with Gasteiger partial charge in [0.05, 0.1) is 6.61 Å². The third-order valence-electron chi connectivity index (χ3n) is 6.68. The van der Waals surface area contributed by atoms with Crippen LogP contribution in [0.25, 0.3) is 0 Å². The number of morpholine rings is 1. The molecule has 2 aromatic carbocycles. The minimum Gasteiger partial charge on any atom is -0.375 e.